The molecule has 0 aliphatic carbocycles. The minimum atomic E-state index is -0.424. The maximum Gasteiger partial charge on any atom is 0.264 e. The van der Waals surface area contributed by atoms with E-state index in [-0.39, 0.29) is 11.5 Å². The smallest absolute Gasteiger partial charge is 0.264 e. The fourth-order valence-electron chi connectivity index (χ4n) is 3.33. The monoisotopic (exact) mass is 370 g/mol. The van der Waals surface area contributed by atoms with Crippen LogP contribution in [0.1, 0.15) is 22.3 Å². The first-order valence-electron chi connectivity index (χ1n) is 9.22. The topological polar surface area (TPSA) is 87.3 Å². The Bertz CT molecular complexity index is 849. The van der Waals surface area contributed by atoms with E-state index < -0.39 is 5.56 Å². The molecule has 0 bridgehead atoms. The number of H-pyrrole nitrogens is 1. The second-order valence-electron chi connectivity index (χ2n) is 7.00. The van der Waals surface area contributed by atoms with Gasteiger partial charge in [0.25, 0.3) is 11.5 Å². The zero-order chi connectivity index (χ0) is 19.2. The number of nitrogens with one attached hydrogen (secondary N) is 2. The van der Waals surface area contributed by atoms with Crippen LogP contribution in [0.5, 0.6) is 0 Å². The molecule has 144 valence electrons. The summed E-state index contributed by atoms with van der Waals surface area (Å²) in [4.78, 5) is 34.0. The lowest BCUT2D eigenvalue weighted by Gasteiger charge is -2.15. The van der Waals surface area contributed by atoms with E-state index in [1.54, 1.807) is 7.11 Å². The fraction of sp³-hybridized carbons (Fsp3) is 0.450. The minimum absolute atomic E-state index is 0.0423. The van der Waals surface area contributed by atoms with Gasteiger partial charge in [0, 0.05) is 38.5 Å². The second kappa shape index (κ2) is 8.92. The molecule has 1 aromatic heterocycles. The summed E-state index contributed by atoms with van der Waals surface area (Å²) in [5.74, 6) is 0.476. The molecule has 1 aliphatic rings. The summed E-state index contributed by atoms with van der Waals surface area (Å²) in [6.07, 6.45) is 2.39. The van der Waals surface area contributed by atoms with Gasteiger partial charge in [0.1, 0.15) is 11.4 Å². The van der Waals surface area contributed by atoms with Gasteiger partial charge in [-0.3, -0.25) is 9.59 Å². The van der Waals surface area contributed by atoms with Crippen LogP contribution in [0.4, 0.5) is 0 Å². The number of aryl methyl sites for hydroxylation is 1. The highest BCUT2D eigenvalue weighted by atomic mass is 16.5. The van der Waals surface area contributed by atoms with Gasteiger partial charge in [-0.1, -0.05) is 23.8 Å². The van der Waals surface area contributed by atoms with Gasteiger partial charge in [-0.2, -0.15) is 0 Å². The van der Waals surface area contributed by atoms with Crippen LogP contribution in [0.15, 0.2) is 35.3 Å². The number of hydrogen-bond donors (Lipinski definition) is 2. The van der Waals surface area contributed by atoms with Crippen molar-refractivity contribution in [2.24, 2.45) is 5.92 Å². The van der Waals surface area contributed by atoms with E-state index in [1.165, 1.54) is 6.20 Å². The van der Waals surface area contributed by atoms with Gasteiger partial charge in [0.2, 0.25) is 0 Å². The van der Waals surface area contributed by atoms with Crippen LogP contribution in [0, 0.1) is 12.8 Å². The van der Waals surface area contributed by atoms with Crippen molar-refractivity contribution in [3.63, 3.8) is 0 Å². The van der Waals surface area contributed by atoms with Crippen LogP contribution in [0.2, 0.25) is 0 Å². The Hall–Kier alpha value is -2.51. The average Bonchev–Trinajstić information content (AvgIpc) is 3.12. The molecule has 7 heteroatoms. The lowest BCUT2D eigenvalue weighted by atomic mass is 10.1. The molecule has 1 aliphatic heterocycles. The number of carbonyl (C=O) groups excluding carboxylic acids is 1. The minimum Gasteiger partial charge on any atom is -0.383 e. The molecule has 0 radical (unpaired) electrons. The van der Waals surface area contributed by atoms with Crippen molar-refractivity contribution >= 4 is 5.91 Å². The molecule has 2 N–H and O–H groups in total. The van der Waals surface area contributed by atoms with Gasteiger partial charge >= 0.3 is 0 Å². The molecule has 1 unspecified atom stereocenters. The Morgan fingerprint density at radius 2 is 2.30 bits per heavy atom. The van der Waals surface area contributed by atoms with E-state index in [9.17, 15) is 9.59 Å². The van der Waals surface area contributed by atoms with Crippen LogP contribution in [-0.4, -0.2) is 60.7 Å². The number of benzene rings is 1. The van der Waals surface area contributed by atoms with E-state index in [4.69, 9.17) is 4.74 Å². The normalized spacial score (nSPS) is 17.2. The van der Waals surface area contributed by atoms with Crippen LogP contribution >= 0.6 is 0 Å². The average molecular weight is 370 g/mol. The molecule has 7 nitrogen and oxygen atoms in total. The number of amides is 1. The Kier molecular flexibility index (Phi) is 6.36. The third-order valence-electron chi connectivity index (χ3n) is 4.87. The Morgan fingerprint density at radius 1 is 1.44 bits per heavy atom. The zero-order valence-corrected chi connectivity index (χ0v) is 15.8. The summed E-state index contributed by atoms with van der Waals surface area (Å²) in [7, 11) is 1.70. The van der Waals surface area contributed by atoms with E-state index in [1.807, 2.05) is 31.2 Å². The summed E-state index contributed by atoms with van der Waals surface area (Å²) in [6.45, 7) is 6.10. The van der Waals surface area contributed by atoms with Crippen molar-refractivity contribution in [1.29, 1.82) is 0 Å². The summed E-state index contributed by atoms with van der Waals surface area (Å²) in [5.41, 5.74) is 1.52. The summed E-state index contributed by atoms with van der Waals surface area (Å²) in [5, 5.41) is 2.87. The van der Waals surface area contributed by atoms with Gasteiger partial charge in [-0.25, -0.2) is 4.98 Å². The third-order valence-corrected chi connectivity index (χ3v) is 4.87. The molecule has 3 rings (SSSR count). The van der Waals surface area contributed by atoms with Crippen molar-refractivity contribution in [2.75, 3.05) is 39.9 Å². The number of ether oxygens (including phenoxy) is 1. The Morgan fingerprint density at radius 3 is 3.04 bits per heavy atom. The lowest BCUT2D eigenvalue weighted by molar-refractivity contribution is 0.0945. The van der Waals surface area contributed by atoms with E-state index in [2.05, 4.69) is 20.2 Å². The molecule has 0 saturated carbocycles. The van der Waals surface area contributed by atoms with Gasteiger partial charge in [-0.05, 0) is 31.9 Å². The predicted molar refractivity (Wildman–Crippen MR) is 104 cm³/mol. The quantitative estimate of drug-likeness (QED) is 0.770. The lowest BCUT2D eigenvalue weighted by Crippen LogP contribution is -2.34. The van der Waals surface area contributed by atoms with Crippen molar-refractivity contribution in [2.45, 2.75) is 13.3 Å². The fourth-order valence-corrected chi connectivity index (χ4v) is 3.33. The molecule has 1 saturated heterocycles. The molecule has 2 heterocycles. The summed E-state index contributed by atoms with van der Waals surface area (Å²) in [6, 6.07) is 7.69. The largest absolute Gasteiger partial charge is 0.383 e. The molecular weight excluding hydrogens is 344 g/mol. The molecule has 1 atom stereocenters. The Balaban J connectivity index is 1.58. The van der Waals surface area contributed by atoms with Crippen molar-refractivity contribution in [1.82, 2.24) is 20.2 Å². The van der Waals surface area contributed by atoms with Gasteiger partial charge in [0.05, 0.1) is 6.61 Å². The van der Waals surface area contributed by atoms with Crippen LogP contribution < -0.4 is 10.9 Å². The highest BCUT2D eigenvalue weighted by molar-refractivity contribution is 5.93. The number of methoxy groups -OCH3 is 1. The standard InChI is InChI=1S/C20H26N4O3/c1-14-4-3-5-16(10-14)18-21-12-17(20(26)23-18)19(25)22-11-15-6-7-24(13-15)8-9-27-2/h3-5,10,12,15H,6-9,11,13H2,1-2H3,(H,22,25)(H,21,23,26). The maximum absolute atomic E-state index is 12.4. The highest BCUT2D eigenvalue weighted by Gasteiger charge is 2.23. The number of aromatic nitrogens is 2. The van der Waals surface area contributed by atoms with Crippen molar-refractivity contribution < 1.29 is 9.53 Å². The summed E-state index contributed by atoms with van der Waals surface area (Å²) >= 11 is 0. The van der Waals surface area contributed by atoms with Crippen LogP contribution in [0.25, 0.3) is 11.4 Å². The SMILES string of the molecule is COCCN1CCC(CNC(=O)c2cnc(-c3cccc(C)c3)[nH]c2=O)C1. The molecule has 1 aromatic carbocycles. The number of rotatable bonds is 7. The number of likely N-dealkylation sites (tertiary alicyclic amines) is 1. The van der Waals surface area contributed by atoms with Gasteiger partial charge in [-0.15, -0.1) is 0 Å². The molecule has 27 heavy (non-hydrogen) atoms. The molecule has 2 aromatic rings. The van der Waals surface area contributed by atoms with Crippen molar-refractivity contribution in [3.8, 4) is 11.4 Å². The first-order valence-corrected chi connectivity index (χ1v) is 9.22. The van der Waals surface area contributed by atoms with Crippen LogP contribution in [0.3, 0.4) is 0 Å². The maximum atomic E-state index is 12.4. The van der Waals surface area contributed by atoms with Crippen molar-refractivity contribution in [3.05, 3.63) is 51.9 Å². The second-order valence-corrected chi connectivity index (χ2v) is 7.00. The summed E-state index contributed by atoms with van der Waals surface area (Å²) < 4.78 is 5.10. The van der Waals surface area contributed by atoms with Gasteiger partial charge < -0.3 is 19.9 Å². The predicted octanol–water partition coefficient (Wildman–Crippen LogP) is 1.44. The first-order chi connectivity index (χ1) is 13.1. The number of carbonyl (C=O) groups is 1. The number of aromatic amines is 1. The third kappa shape index (κ3) is 5.02. The number of hydrogen-bond acceptors (Lipinski definition) is 5. The van der Waals surface area contributed by atoms with E-state index >= 15 is 0 Å². The molecular formula is C20H26N4O3. The van der Waals surface area contributed by atoms with E-state index in [0.29, 0.717) is 24.9 Å². The highest BCUT2D eigenvalue weighted by Crippen LogP contribution is 2.16. The Labute approximate surface area is 158 Å². The molecule has 1 amide bonds. The molecule has 0 spiro atoms. The molecule has 1 fully saturated rings. The van der Waals surface area contributed by atoms with Gasteiger partial charge in [0.15, 0.2) is 0 Å². The number of nitrogens with zero attached hydrogens (tertiary/aromatic N) is 2. The van der Waals surface area contributed by atoms with E-state index in [0.717, 1.165) is 37.2 Å². The first kappa shape index (κ1) is 19.3. The van der Waals surface area contributed by atoms with Crippen LogP contribution in [-0.2, 0) is 4.74 Å². The zero-order valence-electron chi connectivity index (χ0n) is 15.8.